The number of Topliss-reactive ketones (excluding diaryl/α,β-unsaturated/α-hetero) is 2. The van der Waals surface area contributed by atoms with Crippen LogP contribution in [0.2, 0.25) is 0 Å². The van der Waals surface area contributed by atoms with Gasteiger partial charge in [0.25, 0.3) is 0 Å². The SMILES string of the molecule is CC1=C(C)C(=O)C(Nc2cc(CN3CCN(C(=O)OCc4ccccc4)CC3)c3ccc(Br)cc3n2)C1=O. The lowest BCUT2D eigenvalue weighted by molar-refractivity contribution is -0.122. The van der Waals surface area contributed by atoms with Crippen LogP contribution in [0.3, 0.4) is 0 Å². The van der Waals surface area contributed by atoms with Crippen LogP contribution in [0.5, 0.6) is 0 Å². The van der Waals surface area contributed by atoms with Crippen molar-refractivity contribution >= 4 is 50.3 Å². The first-order valence-electron chi connectivity index (χ1n) is 12.6. The quantitative estimate of drug-likeness (QED) is 0.424. The smallest absolute Gasteiger partial charge is 0.410 e. The number of piperazine rings is 1. The Morgan fingerprint density at radius 2 is 1.68 bits per heavy atom. The Balaban J connectivity index is 1.27. The molecule has 8 nitrogen and oxygen atoms in total. The Labute approximate surface area is 229 Å². The molecule has 0 unspecified atom stereocenters. The van der Waals surface area contributed by atoms with Crippen LogP contribution in [0.15, 0.2) is 70.2 Å². The van der Waals surface area contributed by atoms with E-state index in [1.807, 2.05) is 54.6 Å². The summed E-state index contributed by atoms with van der Waals surface area (Å²) in [6.45, 7) is 6.82. The summed E-state index contributed by atoms with van der Waals surface area (Å²) in [7, 11) is 0. The van der Waals surface area contributed by atoms with Gasteiger partial charge in [-0.05, 0) is 43.2 Å². The number of halogens is 1. The second-order valence-electron chi connectivity index (χ2n) is 9.69. The average molecular weight is 577 g/mol. The molecule has 38 heavy (non-hydrogen) atoms. The Bertz CT molecular complexity index is 1410. The molecule has 1 aromatic heterocycles. The van der Waals surface area contributed by atoms with E-state index in [-0.39, 0.29) is 24.3 Å². The minimum absolute atomic E-state index is 0.208. The first-order valence-corrected chi connectivity index (χ1v) is 13.4. The molecule has 0 saturated carbocycles. The van der Waals surface area contributed by atoms with Crippen LogP contribution in [0, 0.1) is 0 Å². The summed E-state index contributed by atoms with van der Waals surface area (Å²) in [5, 5.41) is 4.08. The number of rotatable bonds is 6. The van der Waals surface area contributed by atoms with E-state index in [9.17, 15) is 14.4 Å². The number of ketones is 2. The molecule has 9 heteroatoms. The molecule has 1 saturated heterocycles. The molecule has 1 aliphatic heterocycles. The lowest BCUT2D eigenvalue weighted by Gasteiger charge is -2.34. The number of nitrogens with one attached hydrogen (secondary N) is 1. The number of aromatic nitrogens is 1. The molecule has 3 aromatic rings. The van der Waals surface area contributed by atoms with E-state index in [2.05, 4.69) is 26.1 Å². The zero-order chi connectivity index (χ0) is 26.8. The Kier molecular flexibility index (Phi) is 7.58. The fourth-order valence-electron chi connectivity index (χ4n) is 4.82. The van der Waals surface area contributed by atoms with Gasteiger partial charge in [-0.3, -0.25) is 14.5 Å². The standard InChI is InChI=1S/C29H29BrN4O4/c1-18-19(2)28(36)26(27(18)35)32-25-14-21(23-9-8-22(30)15-24(23)31-25)16-33-10-12-34(13-11-33)29(37)38-17-20-6-4-3-5-7-20/h3-9,14-15,26H,10-13,16-17H2,1-2H3,(H,31,32). The van der Waals surface area contributed by atoms with E-state index < -0.39 is 6.04 Å². The van der Waals surface area contributed by atoms with E-state index in [0.29, 0.717) is 49.7 Å². The number of nitrogens with zero attached hydrogens (tertiary/aromatic N) is 3. The van der Waals surface area contributed by atoms with Crippen LogP contribution in [-0.2, 0) is 27.5 Å². The fraction of sp³-hybridized carbons (Fsp3) is 0.310. The van der Waals surface area contributed by atoms with E-state index in [0.717, 1.165) is 26.5 Å². The van der Waals surface area contributed by atoms with Crippen molar-refractivity contribution < 1.29 is 19.1 Å². The van der Waals surface area contributed by atoms with E-state index in [1.165, 1.54) is 0 Å². The number of anilines is 1. The number of pyridine rings is 1. The van der Waals surface area contributed by atoms with Crippen molar-refractivity contribution in [2.45, 2.75) is 33.0 Å². The van der Waals surface area contributed by atoms with Crippen LogP contribution >= 0.6 is 15.9 Å². The average Bonchev–Trinajstić information content (AvgIpc) is 3.10. The number of ether oxygens (including phenoxy) is 1. The van der Waals surface area contributed by atoms with Gasteiger partial charge in [-0.25, -0.2) is 9.78 Å². The zero-order valence-corrected chi connectivity index (χ0v) is 23.0. The maximum absolute atomic E-state index is 12.6. The number of carbonyl (C=O) groups is 3. The molecule has 2 aliphatic rings. The molecular formula is C29H29BrN4O4. The molecule has 0 spiro atoms. The van der Waals surface area contributed by atoms with Gasteiger partial charge >= 0.3 is 6.09 Å². The highest BCUT2D eigenvalue weighted by atomic mass is 79.9. The molecule has 0 radical (unpaired) electrons. The van der Waals surface area contributed by atoms with Gasteiger partial charge in [-0.15, -0.1) is 0 Å². The topological polar surface area (TPSA) is 91.8 Å². The van der Waals surface area contributed by atoms with Crippen LogP contribution < -0.4 is 5.32 Å². The monoisotopic (exact) mass is 576 g/mol. The van der Waals surface area contributed by atoms with Crippen molar-refractivity contribution in [3.8, 4) is 0 Å². The van der Waals surface area contributed by atoms with Gasteiger partial charge in [0, 0.05) is 53.7 Å². The molecule has 2 heterocycles. The highest BCUT2D eigenvalue weighted by Gasteiger charge is 2.37. The molecule has 1 fully saturated rings. The van der Waals surface area contributed by atoms with Gasteiger partial charge in [-0.1, -0.05) is 52.3 Å². The first kappa shape index (κ1) is 26.1. The third-order valence-electron chi connectivity index (χ3n) is 7.21. The summed E-state index contributed by atoms with van der Waals surface area (Å²) in [6, 6.07) is 16.5. The van der Waals surface area contributed by atoms with Crippen LogP contribution in [0.4, 0.5) is 10.6 Å². The molecule has 5 rings (SSSR count). The third-order valence-corrected chi connectivity index (χ3v) is 7.70. The molecule has 2 aromatic carbocycles. The Morgan fingerprint density at radius 3 is 2.37 bits per heavy atom. The van der Waals surface area contributed by atoms with Crippen LogP contribution in [0.1, 0.15) is 25.0 Å². The zero-order valence-electron chi connectivity index (χ0n) is 21.4. The number of fused-ring (bicyclic) bond motifs is 1. The van der Waals surface area contributed by atoms with Crippen molar-refractivity contribution in [3.05, 3.63) is 81.3 Å². The van der Waals surface area contributed by atoms with Gasteiger partial charge in [0.2, 0.25) is 0 Å². The summed E-state index contributed by atoms with van der Waals surface area (Å²) in [4.78, 5) is 46.6. The minimum atomic E-state index is -0.939. The van der Waals surface area contributed by atoms with Gasteiger partial charge in [-0.2, -0.15) is 0 Å². The van der Waals surface area contributed by atoms with Crippen LogP contribution in [-0.4, -0.2) is 64.7 Å². The molecule has 196 valence electrons. The molecule has 1 aliphatic carbocycles. The van der Waals surface area contributed by atoms with Gasteiger partial charge < -0.3 is 15.0 Å². The fourth-order valence-corrected chi connectivity index (χ4v) is 5.17. The summed E-state index contributed by atoms with van der Waals surface area (Å²) in [5.41, 5.74) is 3.75. The van der Waals surface area contributed by atoms with E-state index >= 15 is 0 Å². The lowest BCUT2D eigenvalue weighted by atomic mass is 10.1. The second-order valence-corrected chi connectivity index (χ2v) is 10.6. The largest absolute Gasteiger partial charge is 0.445 e. The van der Waals surface area contributed by atoms with Gasteiger partial charge in [0.1, 0.15) is 12.4 Å². The summed E-state index contributed by atoms with van der Waals surface area (Å²) in [5.74, 6) is 0.0730. The van der Waals surface area contributed by atoms with Crippen LogP contribution in [0.25, 0.3) is 10.9 Å². The molecule has 0 atom stereocenters. The van der Waals surface area contributed by atoms with Crippen molar-refractivity contribution in [2.75, 3.05) is 31.5 Å². The molecule has 1 N–H and O–H groups in total. The normalized spacial score (nSPS) is 17.0. The number of hydrogen-bond donors (Lipinski definition) is 1. The van der Waals surface area contributed by atoms with E-state index in [1.54, 1.807) is 18.7 Å². The lowest BCUT2D eigenvalue weighted by Crippen LogP contribution is -2.48. The molecule has 0 bridgehead atoms. The predicted octanol–water partition coefficient (Wildman–Crippen LogP) is 4.72. The number of benzene rings is 2. The number of carbonyl (C=O) groups excluding carboxylic acids is 3. The van der Waals surface area contributed by atoms with Gasteiger partial charge in [0.15, 0.2) is 17.6 Å². The van der Waals surface area contributed by atoms with Crippen molar-refractivity contribution in [1.29, 1.82) is 0 Å². The minimum Gasteiger partial charge on any atom is -0.445 e. The maximum Gasteiger partial charge on any atom is 0.410 e. The van der Waals surface area contributed by atoms with Gasteiger partial charge in [0.05, 0.1) is 5.52 Å². The number of amides is 1. The molecular weight excluding hydrogens is 548 g/mol. The predicted molar refractivity (Wildman–Crippen MR) is 149 cm³/mol. The summed E-state index contributed by atoms with van der Waals surface area (Å²) >= 11 is 3.52. The molecule has 1 amide bonds. The number of hydrogen-bond acceptors (Lipinski definition) is 7. The summed E-state index contributed by atoms with van der Waals surface area (Å²) < 4.78 is 6.38. The first-order chi connectivity index (χ1) is 18.3. The van der Waals surface area contributed by atoms with Crippen molar-refractivity contribution in [3.63, 3.8) is 0 Å². The summed E-state index contributed by atoms with van der Waals surface area (Å²) in [6.07, 6.45) is -0.302. The van der Waals surface area contributed by atoms with Crippen molar-refractivity contribution in [2.24, 2.45) is 0 Å². The van der Waals surface area contributed by atoms with E-state index in [4.69, 9.17) is 9.72 Å². The Hall–Kier alpha value is -3.56. The second kappa shape index (κ2) is 11.0. The highest BCUT2D eigenvalue weighted by molar-refractivity contribution is 9.10. The Morgan fingerprint density at radius 1 is 1.00 bits per heavy atom. The highest BCUT2D eigenvalue weighted by Crippen LogP contribution is 2.28. The third kappa shape index (κ3) is 5.49. The maximum atomic E-state index is 12.6. The van der Waals surface area contributed by atoms with Crippen molar-refractivity contribution in [1.82, 2.24) is 14.8 Å².